The highest BCUT2D eigenvalue weighted by Crippen LogP contribution is 2.25. The lowest BCUT2D eigenvalue weighted by atomic mass is 10.0. The van der Waals surface area contributed by atoms with Crippen LogP contribution in [-0.2, 0) is 17.8 Å². The number of pyridine rings is 1. The summed E-state index contributed by atoms with van der Waals surface area (Å²) in [6.07, 6.45) is 2.45. The van der Waals surface area contributed by atoms with E-state index in [1.54, 1.807) is 9.47 Å². The third-order valence-corrected chi connectivity index (χ3v) is 6.07. The summed E-state index contributed by atoms with van der Waals surface area (Å²) in [4.78, 5) is 40.3. The monoisotopic (exact) mass is 511 g/mol. The topological polar surface area (TPSA) is 80.6 Å². The Morgan fingerprint density at radius 2 is 1.83 bits per heavy atom. The normalized spacial score (nSPS) is 18.8. The molecule has 2 aliphatic rings. The van der Waals surface area contributed by atoms with E-state index in [4.69, 9.17) is 4.74 Å². The van der Waals surface area contributed by atoms with Gasteiger partial charge < -0.3 is 19.5 Å². The lowest BCUT2D eigenvalue weighted by molar-refractivity contribution is -0.0794. The van der Waals surface area contributed by atoms with Crippen LogP contribution in [0.15, 0.2) is 23.1 Å². The number of nitrogens with zero attached hydrogens (tertiary/aromatic N) is 2. The van der Waals surface area contributed by atoms with Crippen LogP contribution in [0.3, 0.4) is 0 Å². The first kappa shape index (κ1) is 29.3. The summed E-state index contributed by atoms with van der Waals surface area (Å²) < 4.78 is 48.2. The van der Waals surface area contributed by atoms with Gasteiger partial charge in [-0.2, -0.15) is 0 Å². The number of nitrogens with one attached hydrogen (secondary N) is 1. The molecule has 2 aromatic rings. The molecule has 3 heterocycles. The maximum Gasteiger partial charge on any atom is 0.272 e. The van der Waals surface area contributed by atoms with Crippen LogP contribution in [-0.4, -0.2) is 46.6 Å². The van der Waals surface area contributed by atoms with Crippen molar-refractivity contribution in [1.29, 1.82) is 0 Å². The number of benzene rings is 1. The number of ether oxygens (including phenoxy) is 1. The second-order valence-electron chi connectivity index (χ2n) is 8.41. The van der Waals surface area contributed by atoms with Crippen LogP contribution >= 0.6 is 0 Å². The van der Waals surface area contributed by atoms with Crippen molar-refractivity contribution in [2.75, 3.05) is 13.1 Å². The Morgan fingerprint density at radius 3 is 2.47 bits per heavy atom. The number of hydrogen-bond donors (Lipinski definition) is 1. The van der Waals surface area contributed by atoms with Crippen LogP contribution in [0, 0.1) is 24.4 Å². The molecule has 10 heteroatoms. The summed E-state index contributed by atoms with van der Waals surface area (Å²) in [6, 6.07) is 1.11. The van der Waals surface area contributed by atoms with Crippen molar-refractivity contribution in [3.8, 4) is 0 Å². The average molecular weight is 512 g/mol. The fraction of sp³-hybridized carbons (Fsp3) is 0.500. The van der Waals surface area contributed by atoms with Gasteiger partial charge >= 0.3 is 0 Å². The molecular formula is C26H36F3N3O4. The van der Waals surface area contributed by atoms with Crippen LogP contribution in [0.1, 0.15) is 74.4 Å². The number of carbonyl (C=O) groups excluding carboxylic acids is 2. The Bertz CT molecular complexity index is 1170. The Balaban J connectivity index is 0.00000167. The van der Waals surface area contributed by atoms with Gasteiger partial charge in [0.1, 0.15) is 23.1 Å². The summed E-state index contributed by atoms with van der Waals surface area (Å²) in [5.41, 5.74) is -0.714. The Labute approximate surface area is 210 Å². The van der Waals surface area contributed by atoms with Gasteiger partial charge in [-0.25, -0.2) is 13.2 Å². The van der Waals surface area contributed by atoms with Crippen molar-refractivity contribution in [2.24, 2.45) is 0 Å². The third-order valence-electron chi connectivity index (χ3n) is 6.07. The molecule has 36 heavy (non-hydrogen) atoms. The zero-order chi connectivity index (χ0) is 25.9. The highest BCUT2D eigenvalue weighted by atomic mass is 19.1. The fourth-order valence-corrected chi connectivity index (χ4v) is 4.35. The van der Waals surface area contributed by atoms with Crippen molar-refractivity contribution in [3.05, 3.63) is 68.4 Å². The van der Waals surface area contributed by atoms with E-state index in [1.807, 2.05) is 20.8 Å². The first-order valence-electron chi connectivity index (χ1n) is 11.7. The molecule has 0 spiro atoms. The van der Waals surface area contributed by atoms with Gasteiger partial charge in [0.2, 0.25) is 0 Å². The first-order valence-corrected chi connectivity index (χ1v) is 11.7. The molecule has 1 aromatic heterocycles. The molecule has 0 saturated carbocycles. The smallest absolute Gasteiger partial charge is 0.272 e. The van der Waals surface area contributed by atoms with E-state index in [0.29, 0.717) is 18.7 Å². The van der Waals surface area contributed by atoms with Gasteiger partial charge in [0.25, 0.3) is 5.91 Å². The average Bonchev–Trinajstić information content (AvgIpc) is 2.99. The molecule has 2 aliphatic heterocycles. The van der Waals surface area contributed by atoms with Gasteiger partial charge in [0.15, 0.2) is 17.4 Å². The molecule has 1 N–H and O–H groups in total. The van der Waals surface area contributed by atoms with E-state index < -0.39 is 40.5 Å². The highest BCUT2D eigenvalue weighted by molar-refractivity contribution is 5.99. The SMILES string of the molecule is C.CC.Cc1c2n(cc(C(=O)CNCc3c(F)cc(F)cc3F)c1=O)C[C@@H]1OC(C)CCCN1C2=O.[HH]. The van der Waals surface area contributed by atoms with Crippen LogP contribution in [0.25, 0.3) is 0 Å². The maximum atomic E-state index is 13.8. The minimum Gasteiger partial charge on any atom is -0.353 e. The molecular weight excluding hydrogens is 475 g/mol. The van der Waals surface area contributed by atoms with Gasteiger partial charge in [0.05, 0.1) is 24.8 Å². The number of Topliss-reactive ketones (excluding diaryl/α,β-unsaturated/α-hetero) is 1. The molecule has 1 unspecified atom stereocenters. The summed E-state index contributed by atoms with van der Waals surface area (Å²) >= 11 is 0. The maximum absolute atomic E-state index is 13.8. The molecule has 4 rings (SSSR count). The van der Waals surface area contributed by atoms with E-state index in [0.717, 1.165) is 12.8 Å². The van der Waals surface area contributed by atoms with Crippen molar-refractivity contribution < 1.29 is 28.9 Å². The molecule has 2 atom stereocenters. The van der Waals surface area contributed by atoms with Gasteiger partial charge in [0, 0.05) is 44.0 Å². The molecule has 1 amide bonds. The lowest BCUT2D eigenvalue weighted by Crippen LogP contribution is -2.51. The Kier molecular flexibility index (Phi) is 10.0. The molecule has 1 aromatic carbocycles. The minimum absolute atomic E-state index is 0. The number of rotatable bonds is 5. The quantitative estimate of drug-likeness (QED) is 0.601. The van der Waals surface area contributed by atoms with E-state index >= 15 is 0 Å². The number of amides is 1. The van der Waals surface area contributed by atoms with E-state index in [-0.39, 0.29) is 57.3 Å². The first-order chi connectivity index (χ1) is 16.7. The molecule has 1 saturated heterocycles. The van der Waals surface area contributed by atoms with Gasteiger partial charge in [-0.15, -0.1) is 0 Å². The number of ketones is 1. The Hall–Kier alpha value is -2.98. The lowest BCUT2D eigenvalue weighted by Gasteiger charge is -2.37. The summed E-state index contributed by atoms with van der Waals surface area (Å²) in [5, 5.41) is 2.60. The van der Waals surface area contributed by atoms with Crippen LogP contribution in [0.2, 0.25) is 0 Å². The zero-order valence-electron chi connectivity index (χ0n) is 20.3. The van der Waals surface area contributed by atoms with E-state index in [2.05, 4.69) is 5.32 Å². The standard InChI is InChI=1S/C23H24F3N3O4.C2H6.CH4.H2/c1-12-4-3-5-29-20(33-12)11-28-10-16(22(31)13(2)21(28)23(29)32)19(30)9-27-8-15-17(25)6-14(24)7-18(15)26;1-2;;/h6-7,10,12,20,27H,3-5,8-9,11H2,1-2H3;1-2H3;1H4;1H/t12?,20-;;;/m0.../s1. The number of halogens is 3. The Morgan fingerprint density at radius 1 is 1.19 bits per heavy atom. The molecule has 0 bridgehead atoms. The van der Waals surface area contributed by atoms with Crippen LogP contribution in [0.5, 0.6) is 0 Å². The molecule has 200 valence electrons. The molecule has 0 aliphatic carbocycles. The van der Waals surface area contributed by atoms with Crippen molar-refractivity contribution >= 4 is 11.7 Å². The highest BCUT2D eigenvalue weighted by Gasteiger charge is 2.37. The second-order valence-corrected chi connectivity index (χ2v) is 8.41. The van der Waals surface area contributed by atoms with E-state index in [1.165, 1.54) is 13.1 Å². The fourth-order valence-electron chi connectivity index (χ4n) is 4.35. The van der Waals surface area contributed by atoms with Crippen molar-refractivity contribution in [3.63, 3.8) is 0 Å². The number of aromatic nitrogens is 1. The van der Waals surface area contributed by atoms with Crippen molar-refractivity contribution in [2.45, 2.75) is 73.4 Å². The van der Waals surface area contributed by atoms with E-state index in [9.17, 15) is 27.6 Å². The summed E-state index contributed by atoms with van der Waals surface area (Å²) in [6.45, 7) is 7.51. The van der Waals surface area contributed by atoms with Gasteiger partial charge in [-0.3, -0.25) is 14.4 Å². The minimum atomic E-state index is -1.07. The van der Waals surface area contributed by atoms with Crippen LogP contribution in [0.4, 0.5) is 13.2 Å². The second kappa shape index (κ2) is 12.3. The third kappa shape index (κ3) is 5.87. The van der Waals surface area contributed by atoms with Crippen molar-refractivity contribution in [1.82, 2.24) is 14.8 Å². The predicted molar refractivity (Wildman–Crippen MR) is 133 cm³/mol. The summed E-state index contributed by atoms with van der Waals surface area (Å²) in [7, 11) is 0. The van der Waals surface area contributed by atoms with Gasteiger partial charge in [-0.1, -0.05) is 21.3 Å². The van der Waals surface area contributed by atoms with Crippen LogP contribution < -0.4 is 10.7 Å². The zero-order valence-corrected chi connectivity index (χ0v) is 20.3. The number of hydrogen-bond acceptors (Lipinski definition) is 5. The summed E-state index contributed by atoms with van der Waals surface area (Å²) in [5.74, 6) is -4.08. The number of carbonyl (C=O) groups is 2. The molecule has 7 nitrogen and oxygen atoms in total. The predicted octanol–water partition coefficient (Wildman–Crippen LogP) is 4.44. The molecule has 1 fully saturated rings. The molecule has 0 radical (unpaired) electrons. The van der Waals surface area contributed by atoms with Gasteiger partial charge in [-0.05, 0) is 26.7 Å². The largest absolute Gasteiger partial charge is 0.353 e. The number of fused-ring (bicyclic) bond motifs is 2.